The summed E-state index contributed by atoms with van der Waals surface area (Å²) in [5.41, 5.74) is -0.0123. The predicted octanol–water partition coefficient (Wildman–Crippen LogP) is 2.83. The summed E-state index contributed by atoms with van der Waals surface area (Å²) in [4.78, 5) is 28.8. The highest BCUT2D eigenvalue weighted by Gasteiger charge is 2.07. The summed E-state index contributed by atoms with van der Waals surface area (Å²) in [5.74, 6) is 0.998. The Morgan fingerprint density at radius 1 is 1.30 bits per heavy atom. The van der Waals surface area contributed by atoms with Gasteiger partial charge >= 0.3 is 5.97 Å². The normalized spacial score (nSPS) is 10.1. The van der Waals surface area contributed by atoms with Gasteiger partial charge < -0.3 is 9.47 Å². The van der Waals surface area contributed by atoms with Crippen LogP contribution in [0.5, 0.6) is 11.6 Å². The number of carbonyl (C=O) groups is 1. The highest BCUT2D eigenvalue weighted by molar-refractivity contribution is 7.99. The number of non-ortho nitro benzene ring substituents is 1. The first kappa shape index (κ1) is 16.7. The molecule has 2 rings (SSSR count). The zero-order chi connectivity index (χ0) is 16.7. The Morgan fingerprint density at radius 2 is 2.04 bits per heavy atom. The van der Waals surface area contributed by atoms with E-state index in [4.69, 9.17) is 9.47 Å². The molecule has 0 bridgehead atoms. The molecule has 0 fully saturated rings. The van der Waals surface area contributed by atoms with Gasteiger partial charge in [-0.15, -0.1) is 11.8 Å². The van der Waals surface area contributed by atoms with Gasteiger partial charge in [0.05, 0.1) is 4.92 Å². The number of rotatable bonds is 7. The number of esters is 1. The number of thioether (sulfide) groups is 1. The standard InChI is InChI=1S/C14H13N3O5S/c1-10(18)21-6-7-23-14-8-13(15-9-16-14)22-12-4-2-11(3-5-12)17(19)20/h2-5,8-9H,6-7H2,1H3. The summed E-state index contributed by atoms with van der Waals surface area (Å²) in [6.45, 7) is 1.65. The molecule has 0 spiro atoms. The van der Waals surface area contributed by atoms with E-state index in [1.165, 1.54) is 49.3 Å². The number of benzene rings is 1. The molecule has 0 unspecified atom stereocenters. The first-order valence-corrected chi connectivity index (χ1v) is 7.53. The lowest BCUT2D eigenvalue weighted by atomic mass is 10.3. The molecule has 1 aromatic heterocycles. The monoisotopic (exact) mass is 335 g/mol. The average Bonchev–Trinajstić information content (AvgIpc) is 2.52. The molecule has 0 aliphatic rings. The third-order valence-electron chi connectivity index (χ3n) is 2.53. The SMILES string of the molecule is CC(=O)OCCSc1cc(Oc2ccc([N+](=O)[O-])cc2)ncn1. The van der Waals surface area contributed by atoms with Gasteiger partial charge in [-0.3, -0.25) is 14.9 Å². The Hall–Kier alpha value is -2.68. The fourth-order valence-electron chi connectivity index (χ4n) is 1.55. The summed E-state index contributed by atoms with van der Waals surface area (Å²) in [5, 5.41) is 11.3. The molecule has 23 heavy (non-hydrogen) atoms. The highest BCUT2D eigenvalue weighted by Crippen LogP contribution is 2.24. The van der Waals surface area contributed by atoms with Crippen LogP contribution in [0.3, 0.4) is 0 Å². The van der Waals surface area contributed by atoms with Gasteiger partial charge in [0.2, 0.25) is 5.88 Å². The molecule has 1 heterocycles. The Bertz CT molecular complexity index is 693. The summed E-state index contributed by atoms with van der Waals surface area (Å²) in [6.07, 6.45) is 1.36. The number of hydrogen-bond donors (Lipinski definition) is 0. The molecule has 0 aliphatic carbocycles. The summed E-state index contributed by atoms with van der Waals surface area (Å²) < 4.78 is 10.4. The van der Waals surface area contributed by atoms with E-state index < -0.39 is 4.92 Å². The third-order valence-corrected chi connectivity index (χ3v) is 3.42. The molecular formula is C14H13N3O5S. The van der Waals surface area contributed by atoms with E-state index in [1.54, 1.807) is 6.07 Å². The lowest BCUT2D eigenvalue weighted by molar-refractivity contribution is -0.384. The van der Waals surface area contributed by atoms with Crippen molar-refractivity contribution in [2.24, 2.45) is 0 Å². The largest absolute Gasteiger partial charge is 0.465 e. The van der Waals surface area contributed by atoms with Crippen molar-refractivity contribution >= 4 is 23.4 Å². The Kier molecular flexibility index (Phi) is 5.87. The van der Waals surface area contributed by atoms with Crippen molar-refractivity contribution in [1.82, 2.24) is 9.97 Å². The first-order valence-electron chi connectivity index (χ1n) is 6.55. The van der Waals surface area contributed by atoms with Crippen LogP contribution < -0.4 is 4.74 Å². The van der Waals surface area contributed by atoms with Crippen molar-refractivity contribution < 1.29 is 19.2 Å². The van der Waals surface area contributed by atoms with Crippen molar-refractivity contribution in [1.29, 1.82) is 0 Å². The van der Waals surface area contributed by atoms with Gasteiger partial charge in [-0.1, -0.05) is 0 Å². The summed E-state index contributed by atoms with van der Waals surface area (Å²) >= 11 is 1.40. The fourth-order valence-corrected chi connectivity index (χ4v) is 2.23. The molecule has 0 amide bonds. The van der Waals surface area contributed by atoms with Crippen LogP contribution >= 0.6 is 11.8 Å². The summed E-state index contributed by atoms with van der Waals surface area (Å²) in [6, 6.07) is 7.33. The second-order valence-corrected chi connectivity index (χ2v) is 5.35. The van der Waals surface area contributed by atoms with E-state index in [9.17, 15) is 14.9 Å². The first-order chi connectivity index (χ1) is 11.0. The van der Waals surface area contributed by atoms with Gasteiger partial charge in [-0.05, 0) is 12.1 Å². The van der Waals surface area contributed by atoms with E-state index in [2.05, 4.69) is 9.97 Å². The van der Waals surface area contributed by atoms with E-state index >= 15 is 0 Å². The van der Waals surface area contributed by atoms with Gasteiger partial charge in [-0.25, -0.2) is 9.97 Å². The van der Waals surface area contributed by atoms with Crippen molar-refractivity contribution in [2.75, 3.05) is 12.4 Å². The average molecular weight is 335 g/mol. The number of hydrogen-bond acceptors (Lipinski definition) is 8. The molecule has 9 heteroatoms. The van der Waals surface area contributed by atoms with Crippen molar-refractivity contribution in [3.8, 4) is 11.6 Å². The van der Waals surface area contributed by atoms with Crippen molar-refractivity contribution in [3.63, 3.8) is 0 Å². The zero-order valence-electron chi connectivity index (χ0n) is 12.2. The van der Waals surface area contributed by atoms with Gasteiger partial charge in [-0.2, -0.15) is 0 Å². The maximum Gasteiger partial charge on any atom is 0.302 e. The van der Waals surface area contributed by atoms with Crippen molar-refractivity contribution in [2.45, 2.75) is 11.9 Å². The second kappa shape index (κ2) is 8.08. The molecule has 0 saturated carbocycles. The molecule has 0 aliphatic heterocycles. The third kappa shape index (κ3) is 5.55. The van der Waals surface area contributed by atoms with Gasteiger partial charge in [0.15, 0.2) is 0 Å². The van der Waals surface area contributed by atoms with E-state index in [-0.39, 0.29) is 11.7 Å². The Labute approximate surface area is 136 Å². The van der Waals surface area contributed by atoms with Gasteiger partial charge in [0, 0.05) is 30.9 Å². The molecule has 120 valence electrons. The number of nitrogens with zero attached hydrogens (tertiary/aromatic N) is 3. The summed E-state index contributed by atoms with van der Waals surface area (Å²) in [7, 11) is 0. The van der Waals surface area contributed by atoms with E-state index in [1.807, 2.05) is 0 Å². The molecule has 1 aromatic carbocycles. The minimum atomic E-state index is -0.480. The van der Waals surface area contributed by atoms with Crippen LogP contribution in [0.25, 0.3) is 0 Å². The molecule has 0 N–H and O–H groups in total. The minimum absolute atomic E-state index is 0.0123. The van der Waals surface area contributed by atoms with E-state index in [0.29, 0.717) is 29.0 Å². The zero-order valence-corrected chi connectivity index (χ0v) is 13.0. The van der Waals surface area contributed by atoms with Crippen LogP contribution in [0.1, 0.15) is 6.92 Å². The smallest absolute Gasteiger partial charge is 0.302 e. The van der Waals surface area contributed by atoms with Crippen LogP contribution in [0.2, 0.25) is 0 Å². The van der Waals surface area contributed by atoms with Crippen LogP contribution in [-0.4, -0.2) is 33.2 Å². The Balaban J connectivity index is 1.94. The van der Waals surface area contributed by atoms with Crippen molar-refractivity contribution in [3.05, 3.63) is 46.8 Å². The lowest BCUT2D eigenvalue weighted by Crippen LogP contribution is -2.02. The molecule has 0 atom stereocenters. The lowest BCUT2D eigenvalue weighted by Gasteiger charge is -2.06. The van der Waals surface area contributed by atoms with Crippen LogP contribution in [0, 0.1) is 10.1 Å². The minimum Gasteiger partial charge on any atom is -0.465 e. The fraction of sp³-hybridized carbons (Fsp3) is 0.214. The number of ether oxygens (including phenoxy) is 2. The molecule has 8 nitrogen and oxygen atoms in total. The van der Waals surface area contributed by atoms with Gasteiger partial charge in [0.25, 0.3) is 5.69 Å². The molecule has 2 aromatic rings. The molecule has 0 saturated heterocycles. The molecular weight excluding hydrogens is 322 g/mol. The maximum absolute atomic E-state index is 10.7. The van der Waals surface area contributed by atoms with Crippen LogP contribution in [0.15, 0.2) is 41.7 Å². The highest BCUT2D eigenvalue weighted by atomic mass is 32.2. The quantitative estimate of drug-likeness (QED) is 0.190. The van der Waals surface area contributed by atoms with Gasteiger partial charge in [0.1, 0.15) is 23.7 Å². The second-order valence-electron chi connectivity index (χ2n) is 4.24. The number of carbonyl (C=O) groups excluding carboxylic acids is 1. The van der Waals surface area contributed by atoms with Crippen LogP contribution in [0.4, 0.5) is 5.69 Å². The maximum atomic E-state index is 10.7. The predicted molar refractivity (Wildman–Crippen MR) is 82.6 cm³/mol. The topological polar surface area (TPSA) is 104 Å². The molecule has 0 radical (unpaired) electrons. The Morgan fingerprint density at radius 3 is 2.70 bits per heavy atom. The van der Waals surface area contributed by atoms with E-state index in [0.717, 1.165) is 0 Å². The number of nitro benzene ring substituents is 1. The number of nitro groups is 1. The number of aromatic nitrogens is 2. The van der Waals surface area contributed by atoms with Crippen LogP contribution in [-0.2, 0) is 9.53 Å².